The molecule has 0 aliphatic carbocycles. The van der Waals surface area contributed by atoms with Crippen LogP contribution in [0, 0.1) is 0 Å². The van der Waals surface area contributed by atoms with Gasteiger partial charge in [-0.15, -0.1) is 0 Å². The summed E-state index contributed by atoms with van der Waals surface area (Å²) in [7, 11) is 0. The van der Waals surface area contributed by atoms with Gasteiger partial charge in [-0.2, -0.15) is 0 Å². The smallest absolute Gasteiger partial charge is 0.269 e. The Morgan fingerprint density at radius 2 is 1.69 bits per heavy atom. The monoisotopic (exact) mass is 459 g/mol. The van der Waals surface area contributed by atoms with Gasteiger partial charge in [-0.05, 0) is 48.4 Å². The van der Waals surface area contributed by atoms with Gasteiger partial charge in [-0.1, -0.05) is 65.7 Å². The minimum absolute atomic E-state index is 0.213. The van der Waals surface area contributed by atoms with Crippen molar-refractivity contribution in [1.82, 2.24) is 15.3 Å². The summed E-state index contributed by atoms with van der Waals surface area (Å²) in [6.45, 7) is 0.501. The molecule has 0 atom stereocenters. The van der Waals surface area contributed by atoms with E-state index in [1.807, 2.05) is 78.9 Å². The van der Waals surface area contributed by atoms with Crippen LogP contribution in [0.2, 0.25) is 10.0 Å². The standard InChI is InChI=1S/C26H19Cl2N3O/c27-18-10-8-16(9-11-18)12-13-29-26(32)23-15-21-20-6-1-2-7-22(20)30-25(21)24(31-23)17-4-3-5-19(28)14-17/h1-11,14-15,30H,12-13H2,(H,29,32). The van der Waals surface area contributed by atoms with Crippen molar-refractivity contribution in [2.75, 3.05) is 6.54 Å². The second-order valence-electron chi connectivity index (χ2n) is 7.59. The van der Waals surface area contributed by atoms with Crippen LogP contribution in [0.3, 0.4) is 0 Å². The fourth-order valence-electron chi connectivity index (χ4n) is 3.87. The van der Waals surface area contributed by atoms with E-state index in [1.165, 1.54) is 0 Å². The van der Waals surface area contributed by atoms with E-state index in [2.05, 4.69) is 10.3 Å². The molecule has 0 radical (unpaired) electrons. The highest BCUT2D eigenvalue weighted by Crippen LogP contribution is 2.33. The molecule has 2 aromatic heterocycles. The lowest BCUT2D eigenvalue weighted by Crippen LogP contribution is -2.26. The van der Waals surface area contributed by atoms with Crippen LogP contribution in [0.1, 0.15) is 16.1 Å². The van der Waals surface area contributed by atoms with Gasteiger partial charge in [0.05, 0.1) is 11.2 Å². The van der Waals surface area contributed by atoms with Crippen LogP contribution in [0.5, 0.6) is 0 Å². The van der Waals surface area contributed by atoms with Crippen LogP contribution >= 0.6 is 23.2 Å². The molecule has 5 aromatic rings. The first-order chi connectivity index (χ1) is 15.6. The molecule has 32 heavy (non-hydrogen) atoms. The zero-order valence-electron chi connectivity index (χ0n) is 17.0. The number of para-hydroxylation sites is 1. The van der Waals surface area contributed by atoms with E-state index < -0.39 is 0 Å². The number of nitrogens with one attached hydrogen (secondary N) is 2. The minimum Gasteiger partial charge on any atom is -0.353 e. The highest BCUT2D eigenvalue weighted by Gasteiger charge is 2.17. The van der Waals surface area contributed by atoms with E-state index >= 15 is 0 Å². The maximum absolute atomic E-state index is 13.0. The molecule has 0 bridgehead atoms. The molecule has 1 amide bonds. The van der Waals surface area contributed by atoms with Gasteiger partial charge >= 0.3 is 0 Å². The molecule has 0 aliphatic rings. The fourth-order valence-corrected chi connectivity index (χ4v) is 4.18. The fraction of sp³-hybridized carbons (Fsp3) is 0.0769. The van der Waals surface area contributed by atoms with Gasteiger partial charge < -0.3 is 10.3 Å². The minimum atomic E-state index is -0.213. The molecule has 0 unspecified atom stereocenters. The van der Waals surface area contributed by atoms with E-state index in [9.17, 15) is 4.79 Å². The van der Waals surface area contributed by atoms with Crippen LogP contribution in [-0.2, 0) is 6.42 Å². The Morgan fingerprint density at radius 1 is 0.875 bits per heavy atom. The zero-order chi connectivity index (χ0) is 22.1. The maximum Gasteiger partial charge on any atom is 0.269 e. The van der Waals surface area contributed by atoms with Crippen molar-refractivity contribution >= 4 is 50.9 Å². The first-order valence-corrected chi connectivity index (χ1v) is 11.0. The number of hydrogen-bond donors (Lipinski definition) is 2. The normalized spacial score (nSPS) is 11.2. The number of carbonyl (C=O) groups excluding carboxylic acids is 1. The van der Waals surface area contributed by atoms with Crippen molar-refractivity contribution in [2.24, 2.45) is 0 Å². The third-order valence-corrected chi connectivity index (χ3v) is 5.93. The van der Waals surface area contributed by atoms with Gasteiger partial charge in [0.1, 0.15) is 5.69 Å². The summed E-state index contributed by atoms with van der Waals surface area (Å²) in [5.41, 5.74) is 4.90. The molecule has 0 spiro atoms. The molecular formula is C26H19Cl2N3O. The summed E-state index contributed by atoms with van der Waals surface area (Å²) in [4.78, 5) is 21.2. The number of hydrogen-bond acceptors (Lipinski definition) is 2. The summed E-state index contributed by atoms with van der Waals surface area (Å²) in [6, 6.07) is 25.0. The number of benzene rings is 3. The number of fused-ring (bicyclic) bond motifs is 3. The summed E-state index contributed by atoms with van der Waals surface area (Å²) in [5, 5.41) is 6.30. The Hall–Kier alpha value is -3.34. The summed E-state index contributed by atoms with van der Waals surface area (Å²) < 4.78 is 0. The van der Waals surface area contributed by atoms with Crippen LogP contribution < -0.4 is 5.32 Å². The van der Waals surface area contributed by atoms with Gasteiger partial charge in [0.15, 0.2) is 0 Å². The maximum atomic E-state index is 13.0. The summed E-state index contributed by atoms with van der Waals surface area (Å²) >= 11 is 12.2. The molecule has 3 aromatic carbocycles. The van der Waals surface area contributed by atoms with Crippen LogP contribution in [0.4, 0.5) is 0 Å². The number of rotatable bonds is 5. The number of aromatic nitrogens is 2. The van der Waals surface area contributed by atoms with E-state index in [-0.39, 0.29) is 5.91 Å². The second kappa shape index (κ2) is 8.65. The molecule has 2 heterocycles. The number of nitrogens with zero attached hydrogens (tertiary/aromatic N) is 1. The first-order valence-electron chi connectivity index (χ1n) is 10.3. The van der Waals surface area contributed by atoms with Crippen LogP contribution in [0.25, 0.3) is 33.1 Å². The highest BCUT2D eigenvalue weighted by atomic mass is 35.5. The Bertz CT molecular complexity index is 1440. The quantitative estimate of drug-likeness (QED) is 0.308. The Kier molecular flexibility index (Phi) is 5.56. The first kappa shape index (κ1) is 20.6. The van der Waals surface area contributed by atoms with E-state index in [4.69, 9.17) is 28.2 Å². The lowest BCUT2D eigenvalue weighted by Gasteiger charge is -2.09. The van der Waals surface area contributed by atoms with E-state index in [0.717, 1.165) is 32.9 Å². The number of aromatic amines is 1. The number of carbonyl (C=O) groups is 1. The highest BCUT2D eigenvalue weighted by molar-refractivity contribution is 6.31. The number of amides is 1. The molecule has 5 rings (SSSR count). The van der Waals surface area contributed by atoms with E-state index in [0.29, 0.717) is 34.4 Å². The molecule has 158 valence electrons. The van der Waals surface area contributed by atoms with Crippen molar-refractivity contribution in [1.29, 1.82) is 0 Å². The van der Waals surface area contributed by atoms with Gasteiger partial charge in [-0.3, -0.25) is 4.79 Å². The molecule has 0 fully saturated rings. The Labute approximate surface area is 195 Å². The zero-order valence-corrected chi connectivity index (χ0v) is 18.5. The van der Waals surface area contributed by atoms with Crippen molar-refractivity contribution < 1.29 is 4.79 Å². The van der Waals surface area contributed by atoms with Gasteiger partial charge in [0.25, 0.3) is 5.91 Å². The molecule has 2 N–H and O–H groups in total. The number of halogens is 2. The number of pyridine rings is 1. The average molecular weight is 460 g/mol. The third-order valence-electron chi connectivity index (χ3n) is 5.44. The van der Waals surface area contributed by atoms with Crippen molar-refractivity contribution in [2.45, 2.75) is 6.42 Å². The predicted octanol–water partition coefficient (Wildman–Crippen LogP) is 6.66. The summed E-state index contributed by atoms with van der Waals surface area (Å²) in [5.74, 6) is -0.213. The summed E-state index contributed by atoms with van der Waals surface area (Å²) in [6.07, 6.45) is 0.708. The van der Waals surface area contributed by atoms with Gasteiger partial charge in [0, 0.05) is 38.4 Å². The average Bonchev–Trinajstić information content (AvgIpc) is 3.18. The van der Waals surface area contributed by atoms with Crippen molar-refractivity contribution in [3.8, 4) is 11.3 Å². The van der Waals surface area contributed by atoms with Crippen LogP contribution in [-0.4, -0.2) is 22.4 Å². The topological polar surface area (TPSA) is 57.8 Å². The SMILES string of the molecule is O=C(NCCc1ccc(Cl)cc1)c1cc2c([nH]c3ccccc32)c(-c2cccc(Cl)c2)n1. The molecule has 0 aliphatic heterocycles. The Morgan fingerprint density at radius 3 is 2.50 bits per heavy atom. The van der Waals surface area contributed by atoms with Crippen LogP contribution in [0.15, 0.2) is 78.9 Å². The molecule has 6 heteroatoms. The second-order valence-corrected chi connectivity index (χ2v) is 8.46. The molecular weight excluding hydrogens is 441 g/mol. The lowest BCUT2D eigenvalue weighted by atomic mass is 10.1. The van der Waals surface area contributed by atoms with Gasteiger partial charge in [0.2, 0.25) is 0 Å². The largest absolute Gasteiger partial charge is 0.353 e. The third kappa shape index (κ3) is 4.07. The van der Waals surface area contributed by atoms with Gasteiger partial charge in [-0.25, -0.2) is 4.98 Å². The van der Waals surface area contributed by atoms with E-state index in [1.54, 1.807) is 0 Å². The number of H-pyrrole nitrogens is 1. The van der Waals surface area contributed by atoms with Crippen molar-refractivity contribution in [3.05, 3.63) is 100 Å². The Balaban J connectivity index is 1.51. The van der Waals surface area contributed by atoms with Crippen molar-refractivity contribution in [3.63, 3.8) is 0 Å². The lowest BCUT2D eigenvalue weighted by molar-refractivity contribution is 0.0949. The molecule has 0 saturated heterocycles. The molecule has 0 saturated carbocycles. The predicted molar refractivity (Wildman–Crippen MR) is 132 cm³/mol. The molecule has 4 nitrogen and oxygen atoms in total.